The molecule has 0 spiro atoms. The van der Waals surface area contributed by atoms with Gasteiger partial charge in [0.05, 0.1) is 24.0 Å². The van der Waals surface area contributed by atoms with Gasteiger partial charge in [-0.3, -0.25) is 0 Å². The highest BCUT2D eigenvalue weighted by Crippen LogP contribution is 2.15. The maximum absolute atomic E-state index is 9.73. The van der Waals surface area contributed by atoms with E-state index < -0.39 is 6.10 Å². The van der Waals surface area contributed by atoms with Crippen molar-refractivity contribution in [3.8, 4) is 0 Å². The second-order valence-electron chi connectivity index (χ2n) is 3.73. The van der Waals surface area contributed by atoms with Crippen molar-refractivity contribution in [2.75, 3.05) is 12.4 Å². The van der Waals surface area contributed by atoms with Crippen LogP contribution < -0.4 is 0 Å². The number of rotatable bonds is 7. The largest absolute Gasteiger partial charge is 0.467 e. The van der Waals surface area contributed by atoms with Gasteiger partial charge in [-0.15, -0.1) is 11.8 Å². The number of ether oxygens (including phenoxy) is 1. The topological polar surface area (TPSA) is 55.5 Å². The van der Waals surface area contributed by atoms with Gasteiger partial charge in [-0.25, -0.2) is 4.98 Å². The molecule has 0 saturated heterocycles. The Morgan fingerprint density at radius 1 is 1.33 bits per heavy atom. The Labute approximate surface area is 110 Å². The van der Waals surface area contributed by atoms with Crippen molar-refractivity contribution in [1.82, 2.24) is 4.98 Å². The molecular formula is C13H15NO3S. The van der Waals surface area contributed by atoms with Crippen LogP contribution in [0.3, 0.4) is 0 Å². The molecule has 2 rings (SSSR count). The fraction of sp³-hybridized carbons (Fsp3) is 0.308. The number of hydrogen-bond acceptors (Lipinski definition) is 5. The Balaban J connectivity index is 1.62. The Morgan fingerprint density at radius 3 is 3.00 bits per heavy atom. The SMILES string of the molecule is OC(COCc1ccco1)CSc1ccccn1. The molecule has 0 aliphatic carbocycles. The average molecular weight is 265 g/mol. The standard InChI is InChI=1S/C13H15NO3S/c15-11(8-16-9-12-4-3-7-17-12)10-18-13-5-1-2-6-14-13/h1-7,11,15H,8-10H2. The smallest absolute Gasteiger partial charge is 0.129 e. The van der Waals surface area contributed by atoms with Crippen LogP contribution in [0.4, 0.5) is 0 Å². The monoisotopic (exact) mass is 265 g/mol. The lowest BCUT2D eigenvalue weighted by atomic mass is 10.4. The predicted octanol–water partition coefficient (Wildman–Crippen LogP) is 2.34. The van der Waals surface area contributed by atoms with Crippen LogP contribution in [0.1, 0.15) is 5.76 Å². The van der Waals surface area contributed by atoms with Crippen LogP contribution in [0.2, 0.25) is 0 Å². The van der Waals surface area contributed by atoms with Crippen molar-refractivity contribution >= 4 is 11.8 Å². The van der Waals surface area contributed by atoms with Gasteiger partial charge >= 0.3 is 0 Å². The molecule has 1 unspecified atom stereocenters. The maximum atomic E-state index is 9.73. The van der Waals surface area contributed by atoms with E-state index in [0.717, 1.165) is 10.8 Å². The molecule has 0 aliphatic rings. The molecule has 1 atom stereocenters. The molecule has 0 amide bonds. The Morgan fingerprint density at radius 2 is 2.28 bits per heavy atom. The number of aliphatic hydroxyl groups is 1. The van der Waals surface area contributed by atoms with Gasteiger partial charge in [0, 0.05) is 11.9 Å². The lowest BCUT2D eigenvalue weighted by Gasteiger charge is -2.09. The molecule has 0 radical (unpaired) electrons. The molecule has 4 nitrogen and oxygen atoms in total. The van der Waals surface area contributed by atoms with E-state index in [0.29, 0.717) is 19.0 Å². The maximum Gasteiger partial charge on any atom is 0.129 e. The first-order valence-corrected chi connectivity index (χ1v) is 6.65. The fourth-order valence-electron chi connectivity index (χ4n) is 1.35. The van der Waals surface area contributed by atoms with Crippen LogP contribution in [0, 0.1) is 0 Å². The number of aliphatic hydroxyl groups excluding tert-OH is 1. The first-order chi connectivity index (χ1) is 8.84. The zero-order valence-electron chi connectivity index (χ0n) is 9.86. The van der Waals surface area contributed by atoms with E-state index in [2.05, 4.69) is 4.98 Å². The Kier molecular flexibility index (Phi) is 5.26. The second-order valence-corrected chi connectivity index (χ2v) is 4.77. The van der Waals surface area contributed by atoms with Crippen molar-refractivity contribution in [1.29, 1.82) is 0 Å². The molecule has 1 N–H and O–H groups in total. The van der Waals surface area contributed by atoms with Gasteiger partial charge in [0.2, 0.25) is 0 Å². The van der Waals surface area contributed by atoms with Crippen LogP contribution in [0.5, 0.6) is 0 Å². The van der Waals surface area contributed by atoms with Crippen molar-refractivity contribution < 1.29 is 14.3 Å². The van der Waals surface area contributed by atoms with Gasteiger partial charge in [0.15, 0.2) is 0 Å². The van der Waals surface area contributed by atoms with E-state index in [1.54, 1.807) is 12.5 Å². The molecule has 0 aliphatic heterocycles. The lowest BCUT2D eigenvalue weighted by molar-refractivity contribution is 0.0328. The summed E-state index contributed by atoms with van der Waals surface area (Å²) in [6, 6.07) is 9.37. The summed E-state index contributed by atoms with van der Waals surface area (Å²) in [5.41, 5.74) is 0. The van der Waals surface area contributed by atoms with Gasteiger partial charge in [-0.2, -0.15) is 0 Å². The highest BCUT2D eigenvalue weighted by atomic mass is 32.2. The van der Waals surface area contributed by atoms with Crippen molar-refractivity contribution in [3.63, 3.8) is 0 Å². The second kappa shape index (κ2) is 7.20. The third-order valence-corrected chi connectivity index (χ3v) is 3.28. The quantitative estimate of drug-likeness (QED) is 0.779. The molecule has 5 heteroatoms. The minimum atomic E-state index is -0.507. The van der Waals surface area contributed by atoms with Crippen LogP contribution in [-0.4, -0.2) is 28.6 Å². The predicted molar refractivity (Wildman–Crippen MR) is 69.3 cm³/mol. The van der Waals surface area contributed by atoms with Crippen LogP contribution in [0.15, 0.2) is 52.2 Å². The summed E-state index contributed by atoms with van der Waals surface area (Å²) < 4.78 is 10.5. The highest BCUT2D eigenvalue weighted by Gasteiger charge is 2.06. The summed E-state index contributed by atoms with van der Waals surface area (Å²) in [6.45, 7) is 0.679. The highest BCUT2D eigenvalue weighted by molar-refractivity contribution is 7.99. The summed E-state index contributed by atoms with van der Waals surface area (Å²) in [7, 11) is 0. The fourth-order valence-corrected chi connectivity index (χ4v) is 2.12. The molecule has 0 saturated carbocycles. The van der Waals surface area contributed by atoms with E-state index in [9.17, 15) is 5.11 Å². The molecule has 2 heterocycles. The van der Waals surface area contributed by atoms with Crippen LogP contribution in [0.25, 0.3) is 0 Å². The number of hydrogen-bond donors (Lipinski definition) is 1. The minimum Gasteiger partial charge on any atom is -0.467 e. The average Bonchev–Trinajstić information content (AvgIpc) is 2.91. The van der Waals surface area contributed by atoms with E-state index >= 15 is 0 Å². The Bertz CT molecular complexity index is 433. The van der Waals surface area contributed by atoms with Crippen LogP contribution >= 0.6 is 11.8 Å². The normalized spacial score (nSPS) is 12.5. The van der Waals surface area contributed by atoms with Gasteiger partial charge in [0.25, 0.3) is 0 Å². The lowest BCUT2D eigenvalue weighted by Crippen LogP contribution is -2.17. The number of pyridine rings is 1. The summed E-state index contributed by atoms with van der Waals surface area (Å²) in [6.07, 6.45) is 2.83. The minimum absolute atomic E-state index is 0.292. The molecule has 0 bridgehead atoms. The van der Waals surface area contributed by atoms with Crippen molar-refractivity contribution in [2.45, 2.75) is 17.7 Å². The van der Waals surface area contributed by atoms with E-state index in [1.165, 1.54) is 11.8 Å². The van der Waals surface area contributed by atoms with E-state index in [4.69, 9.17) is 9.15 Å². The number of thioether (sulfide) groups is 1. The molecule has 0 fully saturated rings. The van der Waals surface area contributed by atoms with Gasteiger partial charge < -0.3 is 14.3 Å². The molecular weight excluding hydrogens is 250 g/mol. The van der Waals surface area contributed by atoms with E-state index in [-0.39, 0.29) is 0 Å². The third kappa shape index (κ3) is 4.52. The molecule has 2 aromatic rings. The summed E-state index contributed by atoms with van der Waals surface area (Å²) in [5, 5.41) is 10.6. The molecule has 96 valence electrons. The Hall–Kier alpha value is -1.30. The zero-order chi connectivity index (χ0) is 12.6. The summed E-state index contributed by atoms with van der Waals surface area (Å²) >= 11 is 1.51. The first kappa shape index (κ1) is 13.1. The molecule has 2 aromatic heterocycles. The molecule has 0 aromatic carbocycles. The van der Waals surface area contributed by atoms with Crippen LogP contribution in [-0.2, 0) is 11.3 Å². The number of aromatic nitrogens is 1. The number of nitrogens with zero attached hydrogens (tertiary/aromatic N) is 1. The third-order valence-electron chi connectivity index (χ3n) is 2.20. The number of furan rings is 1. The van der Waals surface area contributed by atoms with E-state index in [1.807, 2.05) is 30.3 Å². The zero-order valence-corrected chi connectivity index (χ0v) is 10.7. The van der Waals surface area contributed by atoms with Crippen molar-refractivity contribution in [2.24, 2.45) is 0 Å². The van der Waals surface area contributed by atoms with Gasteiger partial charge in [-0.05, 0) is 24.3 Å². The van der Waals surface area contributed by atoms with Crippen molar-refractivity contribution in [3.05, 3.63) is 48.6 Å². The summed E-state index contributed by atoms with van der Waals surface area (Å²) in [4.78, 5) is 4.17. The first-order valence-electron chi connectivity index (χ1n) is 5.66. The summed E-state index contributed by atoms with van der Waals surface area (Å²) in [5.74, 6) is 1.33. The van der Waals surface area contributed by atoms with Gasteiger partial charge in [0.1, 0.15) is 12.4 Å². The van der Waals surface area contributed by atoms with Gasteiger partial charge in [-0.1, -0.05) is 6.07 Å². The molecule has 18 heavy (non-hydrogen) atoms.